The first-order valence-corrected chi connectivity index (χ1v) is 5.41. The van der Waals surface area contributed by atoms with Gasteiger partial charge in [-0.25, -0.2) is 4.98 Å². The molecule has 2 rings (SSSR count). The van der Waals surface area contributed by atoms with Crippen molar-refractivity contribution in [2.75, 3.05) is 5.32 Å². The van der Waals surface area contributed by atoms with E-state index in [2.05, 4.69) is 43.0 Å². The largest absolute Gasteiger partial charge is 0.365 e. The maximum absolute atomic E-state index is 4.32. The van der Waals surface area contributed by atoms with Crippen molar-refractivity contribution in [3.05, 3.63) is 18.1 Å². The summed E-state index contributed by atoms with van der Waals surface area (Å²) < 4.78 is 0. The molecule has 0 radical (unpaired) electrons. The number of aryl methyl sites for hydroxylation is 1. The minimum atomic E-state index is 0.330. The fraction of sp³-hybridized carbons (Fsp3) is 0.667. The van der Waals surface area contributed by atoms with Crippen molar-refractivity contribution in [2.45, 2.75) is 40.7 Å². The molecule has 0 aromatic carbocycles. The summed E-state index contributed by atoms with van der Waals surface area (Å²) in [6, 6.07) is 0.486. The molecule has 1 aliphatic rings. The Morgan fingerprint density at radius 2 is 1.60 bits per heavy atom. The van der Waals surface area contributed by atoms with Crippen molar-refractivity contribution in [3.8, 4) is 0 Å². The first kappa shape index (κ1) is 10.4. The highest BCUT2D eigenvalue weighted by Crippen LogP contribution is 2.63. The lowest BCUT2D eigenvalue weighted by atomic mass is 10.0. The summed E-state index contributed by atoms with van der Waals surface area (Å²) in [5.74, 6) is 0.918. The third kappa shape index (κ3) is 1.41. The van der Waals surface area contributed by atoms with Crippen LogP contribution in [0.3, 0.4) is 0 Å². The van der Waals surface area contributed by atoms with E-state index < -0.39 is 0 Å². The Morgan fingerprint density at radius 3 is 2.07 bits per heavy atom. The number of nitrogens with zero attached hydrogens (tertiary/aromatic N) is 2. The predicted molar refractivity (Wildman–Crippen MR) is 61.7 cm³/mol. The van der Waals surface area contributed by atoms with Crippen LogP contribution in [0, 0.1) is 17.8 Å². The third-order valence-electron chi connectivity index (χ3n) is 4.18. The summed E-state index contributed by atoms with van der Waals surface area (Å²) in [7, 11) is 0. The molecule has 0 atom stereocenters. The molecule has 15 heavy (non-hydrogen) atoms. The highest BCUT2D eigenvalue weighted by atomic mass is 15.1. The lowest BCUT2D eigenvalue weighted by molar-refractivity contribution is 0.457. The van der Waals surface area contributed by atoms with E-state index in [0.717, 1.165) is 11.5 Å². The van der Waals surface area contributed by atoms with Gasteiger partial charge in [0.15, 0.2) is 0 Å². The van der Waals surface area contributed by atoms with Gasteiger partial charge < -0.3 is 5.32 Å². The average molecular weight is 205 g/mol. The van der Waals surface area contributed by atoms with Crippen LogP contribution < -0.4 is 5.32 Å². The lowest BCUT2D eigenvalue weighted by Gasteiger charge is -2.08. The van der Waals surface area contributed by atoms with Gasteiger partial charge in [-0.2, -0.15) is 0 Å². The van der Waals surface area contributed by atoms with Crippen LogP contribution in [0.2, 0.25) is 0 Å². The van der Waals surface area contributed by atoms with Gasteiger partial charge in [0, 0.05) is 18.4 Å². The van der Waals surface area contributed by atoms with Crippen LogP contribution in [0.25, 0.3) is 0 Å². The molecule has 0 aliphatic heterocycles. The first-order valence-electron chi connectivity index (χ1n) is 5.41. The molecule has 0 bridgehead atoms. The predicted octanol–water partition coefficient (Wildman–Crippen LogP) is 2.63. The molecular formula is C12H19N3. The molecule has 1 aromatic rings. The van der Waals surface area contributed by atoms with Crippen LogP contribution in [-0.2, 0) is 0 Å². The van der Waals surface area contributed by atoms with Crippen LogP contribution in [-0.4, -0.2) is 16.0 Å². The summed E-state index contributed by atoms with van der Waals surface area (Å²) in [5.41, 5.74) is 1.63. The van der Waals surface area contributed by atoms with Gasteiger partial charge >= 0.3 is 0 Å². The van der Waals surface area contributed by atoms with Gasteiger partial charge in [-0.15, -0.1) is 0 Å². The molecule has 1 aromatic heterocycles. The van der Waals surface area contributed by atoms with Crippen LogP contribution in [0.1, 0.15) is 33.4 Å². The van der Waals surface area contributed by atoms with Crippen LogP contribution in [0.15, 0.2) is 12.4 Å². The zero-order valence-corrected chi connectivity index (χ0v) is 10.1. The van der Waals surface area contributed by atoms with Gasteiger partial charge in [-0.1, -0.05) is 27.7 Å². The van der Waals surface area contributed by atoms with Gasteiger partial charge in [0.25, 0.3) is 0 Å². The van der Waals surface area contributed by atoms with E-state index in [4.69, 9.17) is 0 Å². The van der Waals surface area contributed by atoms with Crippen LogP contribution in [0.5, 0.6) is 0 Å². The van der Waals surface area contributed by atoms with Crippen molar-refractivity contribution < 1.29 is 0 Å². The Bertz CT molecular complexity index is 368. The van der Waals surface area contributed by atoms with Crippen molar-refractivity contribution in [2.24, 2.45) is 10.8 Å². The fourth-order valence-corrected chi connectivity index (χ4v) is 2.24. The Kier molecular flexibility index (Phi) is 2.04. The number of hydrogen-bond acceptors (Lipinski definition) is 3. The SMILES string of the molecule is Cc1nccnc1NC1C(C)(C)C1(C)C. The van der Waals surface area contributed by atoms with E-state index in [1.807, 2.05) is 6.92 Å². The number of rotatable bonds is 2. The Hall–Kier alpha value is -1.12. The Morgan fingerprint density at radius 1 is 1.07 bits per heavy atom. The van der Waals surface area contributed by atoms with Gasteiger partial charge in [0.2, 0.25) is 0 Å². The second kappa shape index (κ2) is 2.94. The van der Waals surface area contributed by atoms with E-state index in [0.29, 0.717) is 16.9 Å². The van der Waals surface area contributed by atoms with Crippen molar-refractivity contribution in [3.63, 3.8) is 0 Å². The summed E-state index contributed by atoms with van der Waals surface area (Å²) in [5, 5.41) is 3.49. The number of nitrogens with one attached hydrogen (secondary N) is 1. The normalized spacial score (nSPS) is 22.5. The maximum atomic E-state index is 4.32. The van der Waals surface area contributed by atoms with E-state index in [1.165, 1.54) is 0 Å². The molecule has 1 N–H and O–H groups in total. The second-order valence-corrected chi connectivity index (χ2v) is 5.51. The molecule has 0 amide bonds. The van der Waals surface area contributed by atoms with E-state index >= 15 is 0 Å². The summed E-state index contributed by atoms with van der Waals surface area (Å²) in [6.07, 6.45) is 3.46. The highest BCUT2D eigenvalue weighted by Gasteiger charge is 2.65. The van der Waals surface area contributed by atoms with Crippen LogP contribution >= 0.6 is 0 Å². The second-order valence-electron chi connectivity index (χ2n) is 5.51. The first-order chi connectivity index (χ1) is 6.87. The van der Waals surface area contributed by atoms with Crippen LogP contribution in [0.4, 0.5) is 5.82 Å². The monoisotopic (exact) mass is 205 g/mol. The molecule has 0 saturated heterocycles. The standard InChI is InChI=1S/C12H19N3/c1-8-9(14-7-6-13-8)15-10-11(2,3)12(10,4)5/h6-7,10H,1-5H3,(H,14,15). The third-order valence-corrected chi connectivity index (χ3v) is 4.18. The fourth-order valence-electron chi connectivity index (χ4n) is 2.24. The maximum Gasteiger partial charge on any atom is 0.147 e. The molecule has 1 heterocycles. The number of aromatic nitrogens is 2. The topological polar surface area (TPSA) is 37.8 Å². The van der Waals surface area contributed by atoms with Gasteiger partial charge in [-0.3, -0.25) is 4.98 Å². The quantitative estimate of drug-likeness (QED) is 0.806. The molecule has 0 spiro atoms. The van der Waals surface area contributed by atoms with Crippen molar-refractivity contribution in [1.29, 1.82) is 0 Å². The molecule has 3 nitrogen and oxygen atoms in total. The van der Waals surface area contributed by atoms with Crippen molar-refractivity contribution >= 4 is 5.82 Å². The summed E-state index contributed by atoms with van der Waals surface area (Å²) >= 11 is 0. The molecule has 1 saturated carbocycles. The minimum Gasteiger partial charge on any atom is -0.365 e. The molecule has 0 unspecified atom stereocenters. The zero-order valence-electron chi connectivity index (χ0n) is 10.1. The average Bonchev–Trinajstić information content (AvgIpc) is 2.51. The number of hydrogen-bond donors (Lipinski definition) is 1. The highest BCUT2D eigenvalue weighted by molar-refractivity contribution is 5.44. The molecular weight excluding hydrogens is 186 g/mol. The Balaban J connectivity index is 2.16. The van der Waals surface area contributed by atoms with E-state index in [-0.39, 0.29) is 0 Å². The van der Waals surface area contributed by atoms with E-state index in [9.17, 15) is 0 Å². The molecule has 3 heteroatoms. The zero-order chi connectivity index (χ0) is 11.3. The Labute approximate surface area is 91.3 Å². The van der Waals surface area contributed by atoms with Gasteiger partial charge in [0.05, 0.1) is 5.69 Å². The van der Waals surface area contributed by atoms with Gasteiger partial charge in [-0.05, 0) is 17.8 Å². The molecule has 1 aliphatic carbocycles. The summed E-state index contributed by atoms with van der Waals surface area (Å²) in [6.45, 7) is 11.1. The molecule has 82 valence electrons. The van der Waals surface area contributed by atoms with Crippen molar-refractivity contribution in [1.82, 2.24) is 9.97 Å². The molecule has 1 fully saturated rings. The van der Waals surface area contributed by atoms with Gasteiger partial charge in [0.1, 0.15) is 5.82 Å². The number of anilines is 1. The minimum absolute atomic E-state index is 0.330. The smallest absolute Gasteiger partial charge is 0.147 e. The lowest BCUT2D eigenvalue weighted by Crippen LogP contribution is -2.12. The summed E-state index contributed by atoms with van der Waals surface area (Å²) in [4.78, 5) is 8.55. The van der Waals surface area contributed by atoms with E-state index in [1.54, 1.807) is 12.4 Å².